The lowest BCUT2D eigenvalue weighted by Crippen LogP contribution is -2.01. The molecular weight excluding hydrogens is 376 g/mol. The molecule has 0 heterocycles. The zero-order chi connectivity index (χ0) is 21.6. The second-order valence-corrected chi connectivity index (χ2v) is 5.59. The van der Waals surface area contributed by atoms with E-state index < -0.39 is 0 Å². The molecule has 2 aromatic rings. The molecule has 0 bridgehead atoms. The van der Waals surface area contributed by atoms with Gasteiger partial charge in [0.05, 0.1) is 14.2 Å². The third kappa shape index (κ3) is 8.32. The smallest absolute Gasteiger partial charge is 0.181 e. The average Bonchev–Trinajstić information content (AvgIpc) is 2.73. The lowest BCUT2D eigenvalue weighted by Gasteiger charge is -2.03. The standard InChI is InChI=1S/C12H14O4.C10H10O3/c1-15-8-10(13)5-3-9-4-6-11(14)12(7-9)16-2;1-13-10-7-8(3-2-6-11)4-5-9(10)12/h3-7,14H,8H2,1-2H3;2-7,12H,1H3/b5-3+;3-2+. The van der Waals surface area contributed by atoms with Gasteiger partial charge >= 0.3 is 0 Å². The highest BCUT2D eigenvalue weighted by Crippen LogP contribution is 2.27. The molecule has 0 radical (unpaired) electrons. The average molecular weight is 400 g/mol. The summed E-state index contributed by atoms with van der Waals surface area (Å²) in [5.74, 6) is 0.817. The molecule has 2 aromatic carbocycles. The fourth-order valence-electron chi connectivity index (χ4n) is 2.13. The van der Waals surface area contributed by atoms with Gasteiger partial charge < -0.3 is 24.4 Å². The third-order valence-electron chi connectivity index (χ3n) is 3.52. The molecule has 0 spiro atoms. The molecule has 0 amide bonds. The summed E-state index contributed by atoms with van der Waals surface area (Å²) in [6.45, 7) is 0.0612. The molecule has 2 rings (SSSR count). The number of allylic oxidation sites excluding steroid dienone is 1. The Morgan fingerprint density at radius 2 is 1.41 bits per heavy atom. The van der Waals surface area contributed by atoms with Crippen molar-refractivity contribution in [3.05, 3.63) is 59.7 Å². The summed E-state index contributed by atoms with van der Waals surface area (Å²) >= 11 is 0. The monoisotopic (exact) mass is 400 g/mol. The minimum absolute atomic E-state index is 0.0612. The highest BCUT2D eigenvalue weighted by molar-refractivity contribution is 5.94. The maximum Gasteiger partial charge on any atom is 0.181 e. The van der Waals surface area contributed by atoms with Crippen LogP contribution in [-0.2, 0) is 14.3 Å². The van der Waals surface area contributed by atoms with Crippen LogP contribution >= 0.6 is 0 Å². The largest absolute Gasteiger partial charge is 0.504 e. The van der Waals surface area contributed by atoms with E-state index in [0.717, 1.165) is 11.1 Å². The fraction of sp³-hybridized carbons (Fsp3) is 0.182. The van der Waals surface area contributed by atoms with Gasteiger partial charge in [-0.25, -0.2) is 0 Å². The molecule has 0 aromatic heterocycles. The van der Waals surface area contributed by atoms with E-state index in [9.17, 15) is 19.8 Å². The van der Waals surface area contributed by atoms with Gasteiger partial charge in [-0.15, -0.1) is 0 Å². The molecule has 0 saturated heterocycles. The van der Waals surface area contributed by atoms with Crippen LogP contribution in [0.15, 0.2) is 48.6 Å². The topological polar surface area (TPSA) is 102 Å². The van der Waals surface area contributed by atoms with Crippen LogP contribution in [0.4, 0.5) is 0 Å². The number of aromatic hydroxyl groups is 2. The fourth-order valence-corrected chi connectivity index (χ4v) is 2.13. The number of methoxy groups -OCH3 is 3. The van der Waals surface area contributed by atoms with Crippen molar-refractivity contribution in [3.8, 4) is 23.0 Å². The van der Waals surface area contributed by atoms with Crippen molar-refractivity contribution in [3.63, 3.8) is 0 Å². The molecule has 154 valence electrons. The van der Waals surface area contributed by atoms with Crippen molar-refractivity contribution in [1.82, 2.24) is 0 Å². The van der Waals surface area contributed by atoms with Crippen LogP contribution in [0.1, 0.15) is 11.1 Å². The summed E-state index contributed by atoms with van der Waals surface area (Å²) in [6.07, 6.45) is 6.78. The predicted octanol–water partition coefficient (Wildman–Crippen LogP) is 3.24. The van der Waals surface area contributed by atoms with Crippen LogP contribution in [0.25, 0.3) is 12.2 Å². The Morgan fingerprint density at radius 3 is 1.86 bits per heavy atom. The van der Waals surface area contributed by atoms with Crippen LogP contribution in [-0.4, -0.2) is 50.2 Å². The molecule has 0 atom stereocenters. The molecule has 0 aliphatic rings. The Balaban J connectivity index is 0.000000296. The maximum absolute atomic E-state index is 11.1. The van der Waals surface area contributed by atoms with Crippen LogP contribution in [0.3, 0.4) is 0 Å². The number of ketones is 1. The van der Waals surface area contributed by atoms with Gasteiger partial charge in [0, 0.05) is 7.11 Å². The molecule has 0 saturated carbocycles. The number of ether oxygens (including phenoxy) is 3. The molecule has 2 N–H and O–H groups in total. The number of carbonyl (C=O) groups excluding carboxylic acids is 2. The van der Waals surface area contributed by atoms with Crippen molar-refractivity contribution in [2.75, 3.05) is 27.9 Å². The van der Waals surface area contributed by atoms with Gasteiger partial charge in [0.15, 0.2) is 28.8 Å². The number of hydrogen-bond acceptors (Lipinski definition) is 7. The van der Waals surface area contributed by atoms with Gasteiger partial charge in [0.2, 0.25) is 0 Å². The minimum Gasteiger partial charge on any atom is -0.504 e. The number of benzene rings is 2. The molecular formula is C22H24O7. The molecule has 0 aliphatic carbocycles. The van der Waals surface area contributed by atoms with Gasteiger partial charge in [-0.2, -0.15) is 0 Å². The van der Waals surface area contributed by atoms with Crippen molar-refractivity contribution in [1.29, 1.82) is 0 Å². The number of rotatable bonds is 8. The first kappa shape index (κ1) is 23.5. The summed E-state index contributed by atoms with van der Waals surface area (Å²) in [7, 11) is 4.41. The predicted molar refractivity (Wildman–Crippen MR) is 110 cm³/mol. The van der Waals surface area contributed by atoms with E-state index >= 15 is 0 Å². The number of phenolic OH excluding ortho intramolecular Hbond substituents is 2. The first-order chi connectivity index (χ1) is 13.9. The SMILES string of the molecule is COCC(=O)/C=C/c1ccc(O)c(OC)c1.COc1cc(/C=C/C=O)ccc1O. The normalized spacial score (nSPS) is 10.4. The second kappa shape index (κ2) is 12.7. The van der Waals surface area contributed by atoms with E-state index in [-0.39, 0.29) is 23.9 Å². The Bertz CT molecular complexity index is 869. The summed E-state index contributed by atoms with van der Waals surface area (Å²) in [6, 6.07) is 9.70. The number of carbonyl (C=O) groups is 2. The van der Waals surface area contributed by atoms with Crippen LogP contribution in [0.2, 0.25) is 0 Å². The number of aldehydes is 1. The van der Waals surface area contributed by atoms with Crippen molar-refractivity contribution < 1.29 is 34.0 Å². The minimum atomic E-state index is -0.116. The molecule has 0 fully saturated rings. The van der Waals surface area contributed by atoms with E-state index in [2.05, 4.69) is 0 Å². The van der Waals surface area contributed by atoms with Crippen LogP contribution in [0.5, 0.6) is 23.0 Å². The first-order valence-electron chi connectivity index (χ1n) is 8.50. The Labute approximate surface area is 169 Å². The quantitative estimate of drug-likeness (QED) is 0.518. The number of phenols is 2. The molecule has 0 aliphatic heterocycles. The highest BCUT2D eigenvalue weighted by Gasteiger charge is 2.01. The molecule has 7 nitrogen and oxygen atoms in total. The third-order valence-corrected chi connectivity index (χ3v) is 3.52. The molecule has 7 heteroatoms. The Morgan fingerprint density at radius 1 is 0.897 bits per heavy atom. The van der Waals surface area contributed by atoms with Gasteiger partial charge in [-0.1, -0.05) is 24.3 Å². The summed E-state index contributed by atoms with van der Waals surface area (Å²) in [5, 5.41) is 18.6. The van der Waals surface area contributed by atoms with Crippen molar-refractivity contribution in [2.45, 2.75) is 0 Å². The summed E-state index contributed by atoms with van der Waals surface area (Å²) in [4.78, 5) is 21.2. The Kier molecular flexibility index (Phi) is 10.3. The Hall–Kier alpha value is -3.58. The van der Waals surface area contributed by atoms with Crippen molar-refractivity contribution in [2.24, 2.45) is 0 Å². The zero-order valence-corrected chi connectivity index (χ0v) is 16.5. The molecule has 0 unspecified atom stereocenters. The van der Waals surface area contributed by atoms with Gasteiger partial charge in [-0.3, -0.25) is 9.59 Å². The lowest BCUT2D eigenvalue weighted by molar-refractivity contribution is -0.117. The molecule has 29 heavy (non-hydrogen) atoms. The number of hydrogen-bond donors (Lipinski definition) is 2. The van der Waals surface area contributed by atoms with Crippen molar-refractivity contribution >= 4 is 24.2 Å². The summed E-state index contributed by atoms with van der Waals surface area (Å²) in [5.41, 5.74) is 1.58. The zero-order valence-electron chi connectivity index (χ0n) is 16.5. The summed E-state index contributed by atoms with van der Waals surface area (Å²) < 4.78 is 14.5. The highest BCUT2D eigenvalue weighted by atomic mass is 16.5. The second-order valence-electron chi connectivity index (χ2n) is 5.59. The lowest BCUT2D eigenvalue weighted by atomic mass is 10.1. The first-order valence-corrected chi connectivity index (χ1v) is 8.50. The van der Waals surface area contributed by atoms with Crippen LogP contribution in [0, 0.1) is 0 Å². The van der Waals surface area contributed by atoms with E-state index in [1.165, 1.54) is 45.6 Å². The van der Waals surface area contributed by atoms with E-state index in [0.29, 0.717) is 17.8 Å². The van der Waals surface area contributed by atoms with E-state index in [1.54, 1.807) is 36.4 Å². The van der Waals surface area contributed by atoms with Gasteiger partial charge in [0.1, 0.15) is 12.9 Å². The van der Waals surface area contributed by atoms with E-state index in [1.807, 2.05) is 0 Å². The van der Waals surface area contributed by atoms with E-state index in [4.69, 9.17) is 14.2 Å². The maximum atomic E-state index is 11.1. The van der Waals surface area contributed by atoms with Gasteiger partial charge in [0.25, 0.3) is 0 Å². The van der Waals surface area contributed by atoms with Crippen LogP contribution < -0.4 is 9.47 Å². The van der Waals surface area contributed by atoms with Gasteiger partial charge in [-0.05, 0) is 47.5 Å².